The number of hydrogen-bond acceptors (Lipinski definition) is 8. The van der Waals surface area contributed by atoms with E-state index in [9.17, 15) is 4.79 Å². The van der Waals surface area contributed by atoms with Crippen molar-refractivity contribution in [2.24, 2.45) is 0 Å². The van der Waals surface area contributed by atoms with Gasteiger partial charge in [-0.3, -0.25) is 4.79 Å². The zero-order chi connectivity index (χ0) is 28.1. The fraction of sp³-hybridized carbons (Fsp3) is 0.0968. The molecule has 41 heavy (non-hydrogen) atoms. The molecule has 0 saturated heterocycles. The highest BCUT2D eigenvalue weighted by molar-refractivity contribution is 7.15. The summed E-state index contributed by atoms with van der Waals surface area (Å²) in [5.41, 5.74) is 4.59. The van der Waals surface area contributed by atoms with Gasteiger partial charge >= 0.3 is 0 Å². The molecule has 9 nitrogen and oxygen atoms in total. The van der Waals surface area contributed by atoms with Gasteiger partial charge in [0, 0.05) is 28.3 Å². The molecule has 0 aliphatic carbocycles. The lowest BCUT2D eigenvalue weighted by Gasteiger charge is -2.09. The summed E-state index contributed by atoms with van der Waals surface area (Å²) >= 11 is 1.27. The van der Waals surface area contributed by atoms with Crippen molar-refractivity contribution in [3.05, 3.63) is 105 Å². The first-order valence-electron chi connectivity index (χ1n) is 12.8. The molecule has 0 atom stereocenters. The van der Waals surface area contributed by atoms with Crippen LogP contribution in [-0.4, -0.2) is 38.6 Å². The number of ether oxygens (including phenoxy) is 2. The van der Waals surface area contributed by atoms with E-state index in [1.807, 2.05) is 92.0 Å². The highest BCUT2D eigenvalue weighted by Crippen LogP contribution is 2.34. The number of aryl methyl sites for hydroxylation is 1. The Labute approximate surface area is 237 Å². The summed E-state index contributed by atoms with van der Waals surface area (Å²) in [6.07, 6.45) is 3.73. The second kappa shape index (κ2) is 9.76. The molecule has 10 heteroatoms. The molecule has 0 N–H and O–H groups in total. The number of hydrogen-bond donors (Lipinski definition) is 0. The first-order valence-corrected chi connectivity index (χ1v) is 13.6. The molecule has 7 rings (SSSR count). The van der Waals surface area contributed by atoms with Gasteiger partial charge in [-0.2, -0.15) is 14.6 Å². The summed E-state index contributed by atoms with van der Waals surface area (Å²) in [4.78, 5) is 18.6. The van der Waals surface area contributed by atoms with E-state index < -0.39 is 0 Å². The molecule has 0 saturated carbocycles. The van der Waals surface area contributed by atoms with Crippen LogP contribution in [0.15, 0.2) is 88.2 Å². The number of rotatable bonds is 6. The molecular formula is C31H23N5O4S. The van der Waals surface area contributed by atoms with E-state index in [1.165, 1.54) is 15.9 Å². The lowest BCUT2D eigenvalue weighted by Crippen LogP contribution is -2.23. The number of para-hydroxylation sites is 2. The standard InChI is InChI=1S/C31H23N5O4S/c1-18-22-11-7-8-12-23(22)40-28(18)29-32-31-36(34-29)30(37)26(41-31)16-20-17-35(21-9-5-4-6-10-21)33-27(20)19-13-14-24(38-2)25(15-19)39-3/h4-17H,1-3H3/b26-16-. The Kier molecular flexibility index (Phi) is 5.90. The summed E-state index contributed by atoms with van der Waals surface area (Å²) in [6.45, 7) is 1.97. The Balaban J connectivity index is 1.36. The van der Waals surface area contributed by atoms with E-state index in [1.54, 1.807) is 18.9 Å². The van der Waals surface area contributed by atoms with Crippen LogP contribution < -0.4 is 19.6 Å². The van der Waals surface area contributed by atoms with Gasteiger partial charge in [0.25, 0.3) is 5.56 Å². The molecule has 0 aliphatic heterocycles. The summed E-state index contributed by atoms with van der Waals surface area (Å²) in [5.74, 6) is 2.15. The van der Waals surface area contributed by atoms with Crippen molar-refractivity contribution in [3.8, 4) is 40.0 Å². The minimum atomic E-state index is -0.261. The Morgan fingerprint density at radius 3 is 2.46 bits per heavy atom. The molecule has 4 aromatic heterocycles. The van der Waals surface area contributed by atoms with Gasteiger partial charge in [-0.1, -0.05) is 47.7 Å². The summed E-state index contributed by atoms with van der Waals surface area (Å²) < 4.78 is 20.6. The lowest BCUT2D eigenvalue weighted by molar-refractivity contribution is 0.355. The molecule has 0 bridgehead atoms. The molecule has 0 spiro atoms. The number of aromatic nitrogens is 5. The Hall–Kier alpha value is -5.22. The average Bonchev–Trinajstić information content (AvgIpc) is 3.77. The Morgan fingerprint density at radius 2 is 1.71 bits per heavy atom. The number of thiazole rings is 1. The zero-order valence-electron chi connectivity index (χ0n) is 22.4. The van der Waals surface area contributed by atoms with Gasteiger partial charge in [0.15, 0.2) is 17.3 Å². The molecule has 0 radical (unpaired) electrons. The van der Waals surface area contributed by atoms with Crippen LogP contribution in [0.25, 0.3) is 50.5 Å². The van der Waals surface area contributed by atoms with Crippen molar-refractivity contribution in [1.82, 2.24) is 24.4 Å². The number of methoxy groups -OCH3 is 2. The normalized spacial score (nSPS) is 12.0. The van der Waals surface area contributed by atoms with Crippen molar-refractivity contribution < 1.29 is 13.9 Å². The smallest absolute Gasteiger partial charge is 0.291 e. The highest BCUT2D eigenvalue weighted by Gasteiger charge is 2.20. The van der Waals surface area contributed by atoms with Gasteiger partial charge in [0.05, 0.1) is 24.4 Å². The SMILES string of the molecule is COc1ccc(-c2nn(-c3ccccc3)cc2/C=c2\sc3nc(-c4oc5ccccc5c4C)nn3c2=O)cc1OC. The van der Waals surface area contributed by atoms with Crippen LogP contribution in [0.5, 0.6) is 11.5 Å². The molecule has 0 unspecified atom stereocenters. The van der Waals surface area contributed by atoms with E-state index in [-0.39, 0.29) is 5.56 Å². The first kappa shape index (κ1) is 24.8. The quantitative estimate of drug-likeness (QED) is 0.272. The van der Waals surface area contributed by atoms with Crippen LogP contribution in [0.1, 0.15) is 11.1 Å². The van der Waals surface area contributed by atoms with E-state index in [0.717, 1.165) is 33.3 Å². The maximum atomic E-state index is 13.5. The molecule has 7 aromatic rings. The first-order chi connectivity index (χ1) is 20.0. The van der Waals surface area contributed by atoms with Crippen LogP contribution in [0.3, 0.4) is 0 Å². The third-order valence-electron chi connectivity index (χ3n) is 6.94. The molecule has 4 heterocycles. The maximum absolute atomic E-state index is 13.5. The number of fused-ring (bicyclic) bond motifs is 2. The van der Waals surface area contributed by atoms with Crippen LogP contribution >= 0.6 is 11.3 Å². The number of benzene rings is 3. The summed E-state index contributed by atoms with van der Waals surface area (Å²) in [7, 11) is 3.19. The van der Waals surface area contributed by atoms with E-state index in [2.05, 4.69) is 10.1 Å². The lowest BCUT2D eigenvalue weighted by atomic mass is 10.1. The van der Waals surface area contributed by atoms with Crippen molar-refractivity contribution in [3.63, 3.8) is 0 Å². The largest absolute Gasteiger partial charge is 0.493 e. The predicted octanol–water partition coefficient (Wildman–Crippen LogP) is 5.29. The monoisotopic (exact) mass is 561 g/mol. The van der Waals surface area contributed by atoms with E-state index in [4.69, 9.17) is 19.0 Å². The van der Waals surface area contributed by atoms with Crippen LogP contribution in [0, 0.1) is 6.92 Å². The summed E-state index contributed by atoms with van der Waals surface area (Å²) in [5, 5.41) is 10.4. The summed E-state index contributed by atoms with van der Waals surface area (Å²) in [6, 6.07) is 23.2. The van der Waals surface area contributed by atoms with Crippen molar-refractivity contribution in [2.45, 2.75) is 6.92 Å². The van der Waals surface area contributed by atoms with Gasteiger partial charge < -0.3 is 13.9 Å². The van der Waals surface area contributed by atoms with Crippen molar-refractivity contribution in [1.29, 1.82) is 0 Å². The molecule has 0 aliphatic rings. The third-order valence-corrected chi connectivity index (χ3v) is 7.89. The Bertz CT molecular complexity index is 2180. The second-order valence-electron chi connectivity index (χ2n) is 9.38. The molecule has 0 fully saturated rings. The molecular weight excluding hydrogens is 538 g/mol. The van der Waals surface area contributed by atoms with Crippen molar-refractivity contribution in [2.75, 3.05) is 14.2 Å². The van der Waals surface area contributed by atoms with Crippen LogP contribution in [0.2, 0.25) is 0 Å². The van der Waals surface area contributed by atoms with Crippen molar-refractivity contribution >= 4 is 33.3 Å². The minimum absolute atomic E-state index is 0.261. The van der Waals surface area contributed by atoms with Crippen LogP contribution in [-0.2, 0) is 0 Å². The molecule has 0 amide bonds. The van der Waals surface area contributed by atoms with Gasteiger partial charge in [0.1, 0.15) is 11.3 Å². The Morgan fingerprint density at radius 1 is 0.927 bits per heavy atom. The minimum Gasteiger partial charge on any atom is -0.493 e. The van der Waals surface area contributed by atoms with Crippen LogP contribution in [0.4, 0.5) is 0 Å². The maximum Gasteiger partial charge on any atom is 0.291 e. The van der Waals surface area contributed by atoms with E-state index in [0.29, 0.717) is 38.3 Å². The number of nitrogens with zero attached hydrogens (tertiary/aromatic N) is 5. The average molecular weight is 562 g/mol. The van der Waals surface area contributed by atoms with Gasteiger partial charge in [-0.25, -0.2) is 4.68 Å². The second-order valence-corrected chi connectivity index (χ2v) is 10.4. The highest BCUT2D eigenvalue weighted by atomic mass is 32.1. The fourth-order valence-corrected chi connectivity index (χ4v) is 5.77. The van der Waals surface area contributed by atoms with Gasteiger partial charge in [0.2, 0.25) is 10.8 Å². The zero-order valence-corrected chi connectivity index (χ0v) is 23.2. The van der Waals surface area contributed by atoms with E-state index >= 15 is 0 Å². The third kappa shape index (κ3) is 4.16. The fourth-order valence-electron chi connectivity index (χ4n) is 4.87. The topological polar surface area (TPSA) is 96.7 Å². The molecule has 202 valence electrons. The number of furan rings is 1. The van der Waals surface area contributed by atoms with Gasteiger partial charge in [-0.05, 0) is 49.4 Å². The van der Waals surface area contributed by atoms with Gasteiger partial charge in [-0.15, -0.1) is 5.10 Å². The predicted molar refractivity (Wildman–Crippen MR) is 158 cm³/mol. The molecule has 3 aromatic carbocycles.